The van der Waals surface area contributed by atoms with Gasteiger partial charge in [0.2, 0.25) is 0 Å². The Morgan fingerprint density at radius 3 is 1.82 bits per heavy atom. The third kappa shape index (κ3) is 3.04. The van der Waals surface area contributed by atoms with E-state index in [2.05, 4.69) is 0 Å². The van der Waals surface area contributed by atoms with Crippen molar-refractivity contribution in [2.24, 2.45) is 0 Å². The molecule has 0 saturated carbocycles. The molecule has 0 aliphatic rings. The van der Waals surface area contributed by atoms with E-state index in [1.165, 1.54) is 0 Å². The molecule has 0 bridgehead atoms. The van der Waals surface area contributed by atoms with Crippen molar-refractivity contribution in [2.75, 3.05) is 6.61 Å². The van der Waals surface area contributed by atoms with Crippen molar-refractivity contribution in [1.29, 1.82) is 0 Å². The number of rotatable bonds is 2. The van der Waals surface area contributed by atoms with E-state index < -0.39 is 28.2 Å². The second kappa shape index (κ2) is 2.95. The summed E-state index contributed by atoms with van der Waals surface area (Å²) in [6.07, 6.45) is -5.20. The maximum atomic E-state index is 11.5. The summed E-state index contributed by atoms with van der Waals surface area (Å²) >= 11 is 0. The first kappa shape index (κ1) is 10.7. The average molecular weight is 193 g/mol. The Kier molecular flexibility index (Phi) is 2.86. The number of aliphatic hydroxyl groups excluding tert-OH is 1. The molecule has 0 fully saturated rings. The van der Waals surface area contributed by atoms with Crippen molar-refractivity contribution in [2.45, 2.75) is 11.4 Å². The molecule has 0 amide bonds. The van der Waals surface area contributed by atoms with Crippen LogP contribution in [0.3, 0.4) is 0 Å². The Hall–Kier alpha value is -0.340. The summed E-state index contributed by atoms with van der Waals surface area (Å²) in [4.78, 5) is 0. The summed E-state index contributed by atoms with van der Waals surface area (Å²) in [7, 11) is -5.50. The number of alkyl halides is 3. The monoisotopic (exact) mass is 193 g/mol. The molecule has 11 heavy (non-hydrogen) atoms. The molecule has 4 nitrogen and oxygen atoms in total. The number of hydrogen-bond acceptors (Lipinski definition) is 4. The molecular weight excluding hydrogens is 189 g/mol. The van der Waals surface area contributed by atoms with E-state index in [0.717, 1.165) is 0 Å². The highest BCUT2D eigenvalue weighted by Gasteiger charge is 2.43. The van der Waals surface area contributed by atoms with Gasteiger partial charge in [-0.2, -0.15) is 13.2 Å². The molecule has 0 radical (unpaired) electrons. The summed E-state index contributed by atoms with van der Waals surface area (Å²) in [5, 5.41) is 4.69. The van der Waals surface area contributed by atoms with E-state index in [9.17, 15) is 26.1 Å². The molecule has 8 heteroatoms. The minimum Gasteiger partial charge on any atom is -0.747 e. The van der Waals surface area contributed by atoms with Crippen LogP contribution in [0.2, 0.25) is 0 Å². The lowest BCUT2D eigenvalue weighted by Gasteiger charge is -2.20. The summed E-state index contributed by atoms with van der Waals surface area (Å²) in [5.74, 6) is 0. The lowest BCUT2D eigenvalue weighted by Crippen LogP contribution is -2.39. The van der Waals surface area contributed by atoms with E-state index >= 15 is 0 Å². The third-order valence-electron chi connectivity index (χ3n) is 0.879. The first-order valence-electron chi connectivity index (χ1n) is 2.32. The average Bonchev–Trinajstić information content (AvgIpc) is 1.56. The summed E-state index contributed by atoms with van der Waals surface area (Å²) in [6.45, 7) is -1.74. The second-order valence-electron chi connectivity index (χ2n) is 1.71. The van der Waals surface area contributed by atoms with Gasteiger partial charge in [-0.25, -0.2) is 8.42 Å². The minimum atomic E-state index is -5.50. The van der Waals surface area contributed by atoms with Crippen molar-refractivity contribution in [3.63, 3.8) is 0 Å². The predicted octanol–water partition coefficient (Wildman–Crippen LogP) is -0.545. The van der Waals surface area contributed by atoms with Crippen LogP contribution in [0.5, 0.6) is 0 Å². The molecule has 0 aromatic carbocycles. The minimum absolute atomic E-state index is 1.74. The van der Waals surface area contributed by atoms with Crippen LogP contribution in [0.1, 0.15) is 0 Å². The highest BCUT2D eigenvalue weighted by atomic mass is 32.2. The molecule has 0 aromatic rings. The van der Waals surface area contributed by atoms with Crippen LogP contribution in [0.25, 0.3) is 0 Å². The molecule has 1 N–H and O–H groups in total. The lowest BCUT2D eigenvalue weighted by molar-refractivity contribution is -0.138. The van der Waals surface area contributed by atoms with Gasteiger partial charge in [0.05, 0.1) is 6.61 Å². The van der Waals surface area contributed by atoms with Crippen LogP contribution in [0.15, 0.2) is 0 Å². The van der Waals surface area contributed by atoms with Crippen LogP contribution < -0.4 is 0 Å². The molecule has 1 unspecified atom stereocenters. The number of halogens is 3. The topological polar surface area (TPSA) is 77.4 Å². The zero-order valence-corrected chi connectivity index (χ0v) is 5.82. The van der Waals surface area contributed by atoms with Crippen molar-refractivity contribution < 1.29 is 31.2 Å². The Balaban J connectivity index is 4.72. The first-order chi connectivity index (χ1) is 4.69. The molecule has 1 atom stereocenters. The van der Waals surface area contributed by atoms with Gasteiger partial charge >= 0.3 is 6.18 Å². The van der Waals surface area contributed by atoms with Gasteiger partial charge in [0.1, 0.15) is 10.1 Å². The van der Waals surface area contributed by atoms with Crippen molar-refractivity contribution in [3.8, 4) is 0 Å². The van der Waals surface area contributed by atoms with Crippen LogP contribution in [0, 0.1) is 0 Å². The van der Waals surface area contributed by atoms with Gasteiger partial charge in [-0.15, -0.1) is 0 Å². The van der Waals surface area contributed by atoms with Gasteiger partial charge in [-0.05, 0) is 0 Å². The van der Waals surface area contributed by atoms with Gasteiger partial charge in [-0.1, -0.05) is 0 Å². The molecule has 0 aromatic heterocycles. The summed E-state index contributed by atoms with van der Waals surface area (Å²) < 4.78 is 63.8. The molecule has 68 valence electrons. The van der Waals surface area contributed by atoms with Crippen molar-refractivity contribution in [3.05, 3.63) is 0 Å². The summed E-state index contributed by atoms with van der Waals surface area (Å²) in [6, 6.07) is 0. The molecular formula is C3H4F3O4S-. The standard InChI is InChI=1S/C3H5F3O4S/c4-3(5,6)2(1-7)11(8,9)10/h2,7H,1H2,(H,8,9,10)/p-1. The molecule has 0 aliphatic heterocycles. The molecule has 0 saturated heterocycles. The Labute approximate surface area is 60.4 Å². The van der Waals surface area contributed by atoms with Gasteiger partial charge in [0, 0.05) is 0 Å². The molecule has 0 rings (SSSR count). The first-order valence-corrected chi connectivity index (χ1v) is 3.79. The van der Waals surface area contributed by atoms with Gasteiger partial charge in [-0.3, -0.25) is 0 Å². The van der Waals surface area contributed by atoms with E-state index in [4.69, 9.17) is 5.11 Å². The lowest BCUT2D eigenvalue weighted by atomic mass is 10.4. The van der Waals surface area contributed by atoms with Crippen LogP contribution in [-0.2, 0) is 10.1 Å². The Bertz CT molecular complexity index is 217. The maximum absolute atomic E-state index is 11.5. The number of aliphatic hydroxyl groups is 1. The van der Waals surface area contributed by atoms with Gasteiger partial charge in [0.15, 0.2) is 5.25 Å². The predicted molar refractivity (Wildman–Crippen MR) is 26.6 cm³/mol. The molecule has 0 aliphatic carbocycles. The SMILES string of the molecule is O=S(=O)([O-])C(CO)C(F)(F)F. The van der Waals surface area contributed by atoms with E-state index in [-0.39, 0.29) is 0 Å². The number of hydrogen-bond donors (Lipinski definition) is 1. The van der Waals surface area contributed by atoms with E-state index in [1.54, 1.807) is 0 Å². The van der Waals surface area contributed by atoms with Crippen molar-refractivity contribution in [1.82, 2.24) is 0 Å². The molecule has 0 spiro atoms. The maximum Gasteiger partial charge on any atom is 0.406 e. The van der Waals surface area contributed by atoms with Crippen LogP contribution >= 0.6 is 0 Å². The fourth-order valence-electron chi connectivity index (χ4n) is 0.358. The Morgan fingerprint density at radius 2 is 1.82 bits per heavy atom. The van der Waals surface area contributed by atoms with Crippen LogP contribution in [0.4, 0.5) is 13.2 Å². The third-order valence-corrected chi connectivity index (χ3v) is 1.99. The largest absolute Gasteiger partial charge is 0.747 e. The highest BCUT2D eigenvalue weighted by molar-refractivity contribution is 7.86. The zero-order chi connectivity index (χ0) is 9.28. The fourth-order valence-corrected chi connectivity index (χ4v) is 0.868. The summed E-state index contributed by atoms with van der Waals surface area (Å²) in [5.41, 5.74) is 0. The second-order valence-corrected chi connectivity index (χ2v) is 3.26. The normalized spacial score (nSPS) is 16.5. The highest BCUT2D eigenvalue weighted by Crippen LogP contribution is 2.24. The van der Waals surface area contributed by atoms with Gasteiger partial charge < -0.3 is 9.66 Å². The zero-order valence-electron chi connectivity index (χ0n) is 5.00. The van der Waals surface area contributed by atoms with Crippen LogP contribution in [-0.4, -0.2) is 36.1 Å². The van der Waals surface area contributed by atoms with Gasteiger partial charge in [0.25, 0.3) is 0 Å². The van der Waals surface area contributed by atoms with E-state index in [1.807, 2.05) is 0 Å². The smallest absolute Gasteiger partial charge is 0.406 e. The Morgan fingerprint density at radius 1 is 1.45 bits per heavy atom. The van der Waals surface area contributed by atoms with Crippen molar-refractivity contribution >= 4 is 10.1 Å². The molecule has 0 heterocycles. The quantitative estimate of drug-likeness (QED) is 0.597. The fraction of sp³-hybridized carbons (Fsp3) is 1.00. The van der Waals surface area contributed by atoms with E-state index in [0.29, 0.717) is 0 Å².